The van der Waals surface area contributed by atoms with Crippen LogP contribution in [0, 0.1) is 17.5 Å². The number of rotatable bonds is 6. The number of hydrogen-bond acceptors (Lipinski definition) is 4. The predicted octanol–water partition coefficient (Wildman–Crippen LogP) is 3.35. The Bertz CT molecular complexity index is 884. The molecular weight excluding hydrogens is 357 g/mol. The second-order valence-corrected chi connectivity index (χ2v) is 5.71. The fourth-order valence-corrected chi connectivity index (χ4v) is 2.46. The van der Waals surface area contributed by atoms with E-state index >= 15 is 0 Å². The first kappa shape index (κ1) is 20.3. The molecule has 2 heterocycles. The Kier molecular flexibility index (Phi) is 6.84. The van der Waals surface area contributed by atoms with Gasteiger partial charge in [0.2, 0.25) is 0 Å². The van der Waals surface area contributed by atoms with Crippen molar-refractivity contribution in [3.63, 3.8) is 0 Å². The second kappa shape index (κ2) is 9.09. The standard InChI is InChI=1S/C19H17F3N4.H2O/c1-2-14-10-17(24-7-5-12-4-3-6-23-11-12)26-19(25-14)13-8-15(20)18(22)16(21)9-13;/h3-4,6,8-11H,2,5,7H2,1H3,(H,24,25,26);1H2. The summed E-state index contributed by atoms with van der Waals surface area (Å²) >= 11 is 0. The quantitative estimate of drug-likeness (QED) is 0.669. The van der Waals surface area contributed by atoms with E-state index in [1.807, 2.05) is 19.1 Å². The number of halogens is 3. The van der Waals surface area contributed by atoms with Gasteiger partial charge in [-0.2, -0.15) is 0 Å². The molecule has 0 aliphatic rings. The van der Waals surface area contributed by atoms with Crippen LogP contribution in [0.3, 0.4) is 0 Å². The van der Waals surface area contributed by atoms with E-state index in [1.54, 1.807) is 18.5 Å². The molecule has 0 saturated heterocycles. The minimum atomic E-state index is -1.50. The smallest absolute Gasteiger partial charge is 0.194 e. The number of nitrogens with one attached hydrogen (secondary N) is 1. The predicted molar refractivity (Wildman–Crippen MR) is 96.8 cm³/mol. The van der Waals surface area contributed by atoms with Crippen LogP contribution < -0.4 is 5.32 Å². The molecule has 0 atom stereocenters. The highest BCUT2D eigenvalue weighted by molar-refractivity contribution is 5.58. The van der Waals surface area contributed by atoms with Gasteiger partial charge in [0.05, 0.1) is 0 Å². The largest absolute Gasteiger partial charge is 0.412 e. The minimum Gasteiger partial charge on any atom is -0.412 e. The Balaban J connectivity index is 0.00000261. The van der Waals surface area contributed by atoms with Crippen LogP contribution in [0.2, 0.25) is 0 Å². The number of hydrogen-bond donors (Lipinski definition) is 1. The maximum Gasteiger partial charge on any atom is 0.194 e. The van der Waals surface area contributed by atoms with Crippen LogP contribution in [0.1, 0.15) is 18.2 Å². The third-order valence-electron chi connectivity index (χ3n) is 3.83. The van der Waals surface area contributed by atoms with E-state index in [2.05, 4.69) is 20.3 Å². The van der Waals surface area contributed by atoms with Crippen LogP contribution in [-0.2, 0) is 12.8 Å². The Morgan fingerprint density at radius 3 is 2.41 bits per heavy atom. The van der Waals surface area contributed by atoms with Crippen molar-refractivity contribution in [3.8, 4) is 11.4 Å². The first-order valence-corrected chi connectivity index (χ1v) is 8.22. The summed E-state index contributed by atoms with van der Waals surface area (Å²) in [6.45, 7) is 2.52. The van der Waals surface area contributed by atoms with E-state index in [0.717, 1.165) is 24.1 Å². The molecule has 0 amide bonds. The van der Waals surface area contributed by atoms with Crippen molar-refractivity contribution in [2.75, 3.05) is 11.9 Å². The summed E-state index contributed by atoms with van der Waals surface area (Å²) in [5.41, 5.74) is 1.88. The molecule has 0 aliphatic carbocycles. The van der Waals surface area contributed by atoms with Gasteiger partial charge < -0.3 is 10.8 Å². The van der Waals surface area contributed by atoms with Gasteiger partial charge in [-0.25, -0.2) is 23.1 Å². The van der Waals surface area contributed by atoms with Gasteiger partial charge in [-0.3, -0.25) is 4.98 Å². The first-order valence-electron chi connectivity index (χ1n) is 8.22. The van der Waals surface area contributed by atoms with Gasteiger partial charge in [-0.15, -0.1) is 0 Å². The molecule has 0 fully saturated rings. The molecule has 2 aromatic heterocycles. The second-order valence-electron chi connectivity index (χ2n) is 5.71. The number of aryl methyl sites for hydroxylation is 1. The van der Waals surface area contributed by atoms with Crippen molar-refractivity contribution in [2.45, 2.75) is 19.8 Å². The van der Waals surface area contributed by atoms with Crippen molar-refractivity contribution < 1.29 is 18.6 Å². The molecule has 1 aromatic carbocycles. The van der Waals surface area contributed by atoms with Crippen LogP contribution in [0.5, 0.6) is 0 Å². The van der Waals surface area contributed by atoms with Crippen molar-refractivity contribution >= 4 is 5.82 Å². The average Bonchev–Trinajstić information content (AvgIpc) is 2.66. The van der Waals surface area contributed by atoms with Gasteiger partial charge in [-0.05, 0) is 36.6 Å². The van der Waals surface area contributed by atoms with Gasteiger partial charge in [0.1, 0.15) is 5.82 Å². The number of anilines is 1. The molecule has 0 unspecified atom stereocenters. The van der Waals surface area contributed by atoms with Crippen LogP contribution in [0.15, 0.2) is 42.7 Å². The molecule has 5 nitrogen and oxygen atoms in total. The van der Waals surface area contributed by atoms with E-state index < -0.39 is 17.5 Å². The maximum absolute atomic E-state index is 13.5. The fraction of sp³-hybridized carbons (Fsp3) is 0.211. The molecule has 8 heteroatoms. The lowest BCUT2D eigenvalue weighted by Crippen LogP contribution is -2.08. The third kappa shape index (κ3) is 5.01. The molecule has 0 saturated carbocycles. The van der Waals surface area contributed by atoms with Gasteiger partial charge >= 0.3 is 0 Å². The van der Waals surface area contributed by atoms with E-state index in [9.17, 15) is 13.2 Å². The number of aromatic nitrogens is 3. The number of benzene rings is 1. The van der Waals surface area contributed by atoms with Crippen molar-refractivity contribution in [1.82, 2.24) is 15.0 Å². The van der Waals surface area contributed by atoms with Gasteiger partial charge in [0.25, 0.3) is 0 Å². The Morgan fingerprint density at radius 1 is 1.04 bits per heavy atom. The van der Waals surface area contributed by atoms with E-state index in [4.69, 9.17) is 0 Å². The molecule has 142 valence electrons. The zero-order valence-corrected chi connectivity index (χ0v) is 14.6. The highest BCUT2D eigenvalue weighted by Crippen LogP contribution is 2.23. The summed E-state index contributed by atoms with van der Waals surface area (Å²) in [6, 6.07) is 7.41. The SMILES string of the molecule is CCc1cc(NCCc2cccnc2)nc(-c2cc(F)c(F)c(F)c2)n1.O. The number of pyridine rings is 1. The van der Waals surface area contributed by atoms with Crippen LogP contribution in [-0.4, -0.2) is 27.0 Å². The van der Waals surface area contributed by atoms with Crippen LogP contribution >= 0.6 is 0 Å². The van der Waals surface area contributed by atoms with E-state index in [-0.39, 0.29) is 16.9 Å². The molecule has 27 heavy (non-hydrogen) atoms. The number of nitrogens with zero attached hydrogens (tertiary/aromatic N) is 3. The molecule has 0 bridgehead atoms. The molecule has 3 rings (SSSR count). The maximum atomic E-state index is 13.5. The molecular formula is C19H19F3N4O. The summed E-state index contributed by atoms with van der Waals surface area (Å²) in [6.07, 6.45) is 4.87. The van der Waals surface area contributed by atoms with Crippen molar-refractivity contribution in [3.05, 3.63) is 71.4 Å². The lowest BCUT2D eigenvalue weighted by molar-refractivity contribution is 0.447. The van der Waals surface area contributed by atoms with Gasteiger partial charge in [0, 0.05) is 36.3 Å². The monoisotopic (exact) mass is 376 g/mol. The Hall–Kier alpha value is -3.00. The van der Waals surface area contributed by atoms with Crippen LogP contribution in [0.25, 0.3) is 11.4 Å². The topological polar surface area (TPSA) is 82.2 Å². The molecule has 3 N–H and O–H groups in total. The highest BCUT2D eigenvalue weighted by atomic mass is 19.2. The summed E-state index contributed by atoms with van der Waals surface area (Å²) in [5, 5.41) is 3.18. The summed E-state index contributed by atoms with van der Waals surface area (Å²) in [5.74, 6) is -3.35. The molecule has 0 radical (unpaired) electrons. The molecule has 0 spiro atoms. The Morgan fingerprint density at radius 2 is 1.78 bits per heavy atom. The van der Waals surface area contributed by atoms with Gasteiger partial charge in [-0.1, -0.05) is 13.0 Å². The lowest BCUT2D eigenvalue weighted by Gasteiger charge is -2.10. The van der Waals surface area contributed by atoms with Crippen molar-refractivity contribution in [1.29, 1.82) is 0 Å². The summed E-state index contributed by atoms with van der Waals surface area (Å²) in [4.78, 5) is 12.6. The van der Waals surface area contributed by atoms with Crippen LogP contribution in [0.4, 0.5) is 19.0 Å². The zero-order chi connectivity index (χ0) is 18.5. The van der Waals surface area contributed by atoms with Gasteiger partial charge in [0.15, 0.2) is 23.3 Å². The van der Waals surface area contributed by atoms with E-state index in [1.165, 1.54) is 0 Å². The minimum absolute atomic E-state index is 0. The first-order chi connectivity index (χ1) is 12.6. The zero-order valence-electron chi connectivity index (χ0n) is 14.6. The lowest BCUT2D eigenvalue weighted by atomic mass is 10.1. The Labute approximate surface area is 154 Å². The summed E-state index contributed by atoms with van der Waals surface area (Å²) in [7, 11) is 0. The van der Waals surface area contributed by atoms with Crippen molar-refractivity contribution in [2.24, 2.45) is 0 Å². The van der Waals surface area contributed by atoms with E-state index in [0.29, 0.717) is 24.5 Å². The average molecular weight is 376 g/mol. The normalized spacial score (nSPS) is 10.4. The molecule has 0 aliphatic heterocycles. The summed E-state index contributed by atoms with van der Waals surface area (Å²) < 4.78 is 40.2. The highest BCUT2D eigenvalue weighted by Gasteiger charge is 2.14. The molecule has 3 aromatic rings. The third-order valence-corrected chi connectivity index (χ3v) is 3.83. The fourth-order valence-electron chi connectivity index (χ4n) is 2.46.